The minimum absolute atomic E-state index is 0.191. The molecule has 2 atom stereocenters. The summed E-state index contributed by atoms with van der Waals surface area (Å²) in [6.07, 6.45) is 4.40. The fourth-order valence-electron chi connectivity index (χ4n) is 2.44. The smallest absolute Gasteiger partial charge is 0.234 e. The Labute approximate surface area is 97.6 Å². The molecule has 1 amide bonds. The van der Waals surface area contributed by atoms with Crippen LogP contribution in [0.2, 0.25) is 0 Å². The molecular formula is C12H23N3O. The number of nitrogens with zero attached hydrogens (tertiary/aromatic N) is 1. The van der Waals surface area contributed by atoms with E-state index in [2.05, 4.69) is 17.1 Å². The highest BCUT2D eigenvalue weighted by Crippen LogP contribution is 2.32. The Bertz CT molecular complexity index is 249. The normalized spacial score (nSPS) is 31.4. The van der Waals surface area contributed by atoms with Crippen LogP contribution in [0, 0.1) is 5.92 Å². The van der Waals surface area contributed by atoms with Gasteiger partial charge in [0.15, 0.2) is 0 Å². The molecule has 0 aromatic carbocycles. The Morgan fingerprint density at radius 3 is 2.69 bits per heavy atom. The molecule has 1 saturated carbocycles. The fourth-order valence-corrected chi connectivity index (χ4v) is 2.44. The zero-order valence-electron chi connectivity index (χ0n) is 10.1. The van der Waals surface area contributed by atoms with Crippen LogP contribution < -0.4 is 11.1 Å². The summed E-state index contributed by atoms with van der Waals surface area (Å²) in [4.78, 5) is 13.9. The summed E-state index contributed by atoms with van der Waals surface area (Å²) < 4.78 is 0. The van der Waals surface area contributed by atoms with Gasteiger partial charge in [0.2, 0.25) is 5.91 Å². The van der Waals surface area contributed by atoms with Gasteiger partial charge in [0.25, 0.3) is 0 Å². The molecule has 92 valence electrons. The van der Waals surface area contributed by atoms with E-state index in [0.717, 1.165) is 31.8 Å². The molecular weight excluding hydrogens is 202 g/mol. The van der Waals surface area contributed by atoms with Gasteiger partial charge in [-0.05, 0) is 25.2 Å². The van der Waals surface area contributed by atoms with Gasteiger partial charge in [-0.15, -0.1) is 0 Å². The second-order valence-corrected chi connectivity index (χ2v) is 5.19. The number of nitrogens with two attached hydrogens (primary N) is 1. The number of hydrogen-bond acceptors (Lipinski definition) is 3. The number of hydrogen-bond donors (Lipinski definition) is 2. The molecule has 2 fully saturated rings. The SMILES string of the molecule is CCC1CC1NC(=O)CN1CCC(N)CC1. The lowest BCUT2D eigenvalue weighted by molar-refractivity contribution is -0.122. The molecule has 1 heterocycles. The molecule has 0 spiro atoms. The van der Waals surface area contributed by atoms with E-state index >= 15 is 0 Å². The van der Waals surface area contributed by atoms with Crippen LogP contribution in [0.1, 0.15) is 32.6 Å². The van der Waals surface area contributed by atoms with Crippen LogP contribution in [-0.4, -0.2) is 42.5 Å². The number of likely N-dealkylation sites (tertiary alicyclic amines) is 1. The van der Waals surface area contributed by atoms with Crippen molar-refractivity contribution in [1.82, 2.24) is 10.2 Å². The summed E-state index contributed by atoms with van der Waals surface area (Å²) in [5.41, 5.74) is 5.83. The van der Waals surface area contributed by atoms with Crippen molar-refractivity contribution in [1.29, 1.82) is 0 Å². The molecule has 0 radical (unpaired) electrons. The lowest BCUT2D eigenvalue weighted by Crippen LogP contribution is -2.45. The number of rotatable bonds is 4. The number of nitrogens with one attached hydrogen (secondary N) is 1. The van der Waals surface area contributed by atoms with Crippen LogP contribution in [0.3, 0.4) is 0 Å². The van der Waals surface area contributed by atoms with Crippen molar-refractivity contribution in [2.24, 2.45) is 11.7 Å². The zero-order chi connectivity index (χ0) is 11.5. The van der Waals surface area contributed by atoms with Gasteiger partial charge in [0, 0.05) is 25.2 Å². The molecule has 4 nitrogen and oxygen atoms in total. The van der Waals surface area contributed by atoms with Crippen LogP contribution in [0.4, 0.5) is 0 Å². The van der Waals surface area contributed by atoms with Crippen LogP contribution in [-0.2, 0) is 4.79 Å². The van der Waals surface area contributed by atoms with Crippen molar-refractivity contribution in [2.75, 3.05) is 19.6 Å². The second kappa shape index (κ2) is 5.15. The van der Waals surface area contributed by atoms with Crippen molar-refractivity contribution in [3.63, 3.8) is 0 Å². The quantitative estimate of drug-likeness (QED) is 0.724. The van der Waals surface area contributed by atoms with Gasteiger partial charge in [-0.25, -0.2) is 0 Å². The molecule has 1 aliphatic heterocycles. The molecule has 0 aromatic heterocycles. The summed E-state index contributed by atoms with van der Waals surface area (Å²) in [6.45, 7) is 4.68. The Balaban J connectivity index is 1.64. The first-order valence-corrected chi connectivity index (χ1v) is 6.46. The Hall–Kier alpha value is -0.610. The van der Waals surface area contributed by atoms with Crippen molar-refractivity contribution in [2.45, 2.75) is 44.7 Å². The summed E-state index contributed by atoms with van der Waals surface area (Å²) in [6, 6.07) is 0.803. The molecule has 1 aliphatic carbocycles. The standard InChI is InChI=1S/C12H23N3O/c1-2-9-7-11(9)14-12(16)8-15-5-3-10(13)4-6-15/h9-11H,2-8,13H2,1H3,(H,14,16). The van der Waals surface area contributed by atoms with Crippen molar-refractivity contribution >= 4 is 5.91 Å². The van der Waals surface area contributed by atoms with Gasteiger partial charge in [0.05, 0.1) is 6.54 Å². The van der Waals surface area contributed by atoms with E-state index < -0.39 is 0 Å². The molecule has 16 heavy (non-hydrogen) atoms. The number of carbonyl (C=O) groups is 1. The lowest BCUT2D eigenvalue weighted by Gasteiger charge is -2.29. The number of piperidine rings is 1. The Morgan fingerprint density at radius 1 is 1.44 bits per heavy atom. The van der Waals surface area contributed by atoms with Gasteiger partial charge in [-0.2, -0.15) is 0 Å². The summed E-state index contributed by atoms with van der Waals surface area (Å²) in [7, 11) is 0. The number of amides is 1. The molecule has 1 saturated heterocycles. The molecule has 4 heteroatoms. The molecule has 3 N–H and O–H groups in total. The number of carbonyl (C=O) groups excluding carboxylic acids is 1. The lowest BCUT2D eigenvalue weighted by atomic mass is 10.1. The first-order valence-electron chi connectivity index (χ1n) is 6.46. The van der Waals surface area contributed by atoms with Gasteiger partial charge in [0.1, 0.15) is 0 Å². The highest BCUT2D eigenvalue weighted by molar-refractivity contribution is 5.78. The predicted octanol–water partition coefficient (Wildman–Crippen LogP) is 0.324. The fraction of sp³-hybridized carbons (Fsp3) is 0.917. The molecule has 2 unspecified atom stereocenters. The first kappa shape index (κ1) is 11.9. The minimum Gasteiger partial charge on any atom is -0.352 e. The summed E-state index contributed by atoms with van der Waals surface area (Å²) in [5, 5.41) is 3.10. The highest BCUT2D eigenvalue weighted by Gasteiger charge is 2.36. The van der Waals surface area contributed by atoms with Gasteiger partial charge in [-0.1, -0.05) is 13.3 Å². The highest BCUT2D eigenvalue weighted by atomic mass is 16.2. The van der Waals surface area contributed by atoms with Crippen molar-refractivity contribution in [3.8, 4) is 0 Å². The Morgan fingerprint density at radius 2 is 2.12 bits per heavy atom. The largest absolute Gasteiger partial charge is 0.352 e. The maximum absolute atomic E-state index is 11.7. The third kappa shape index (κ3) is 3.19. The van der Waals surface area contributed by atoms with Crippen molar-refractivity contribution in [3.05, 3.63) is 0 Å². The third-order valence-corrected chi connectivity index (χ3v) is 3.79. The Kier molecular flexibility index (Phi) is 3.82. The van der Waals surface area contributed by atoms with Crippen LogP contribution in [0.5, 0.6) is 0 Å². The average molecular weight is 225 g/mol. The summed E-state index contributed by atoms with van der Waals surface area (Å²) in [5.74, 6) is 0.926. The summed E-state index contributed by atoms with van der Waals surface area (Å²) >= 11 is 0. The topological polar surface area (TPSA) is 58.4 Å². The van der Waals surface area contributed by atoms with Gasteiger partial charge in [-0.3, -0.25) is 9.69 Å². The zero-order valence-corrected chi connectivity index (χ0v) is 10.1. The van der Waals surface area contributed by atoms with E-state index in [9.17, 15) is 4.79 Å². The van der Waals surface area contributed by atoms with E-state index in [1.807, 2.05) is 0 Å². The molecule has 0 aromatic rings. The third-order valence-electron chi connectivity index (χ3n) is 3.79. The van der Waals surface area contributed by atoms with Crippen molar-refractivity contribution < 1.29 is 4.79 Å². The maximum Gasteiger partial charge on any atom is 0.234 e. The average Bonchev–Trinajstić information content (AvgIpc) is 3.00. The van der Waals surface area contributed by atoms with E-state index in [1.165, 1.54) is 12.8 Å². The van der Waals surface area contributed by atoms with E-state index in [0.29, 0.717) is 18.6 Å². The predicted molar refractivity (Wildman–Crippen MR) is 64.0 cm³/mol. The molecule has 0 bridgehead atoms. The first-order chi connectivity index (χ1) is 7.69. The maximum atomic E-state index is 11.7. The van der Waals surface area contributed by atoms with Gasteiger partial charge < -0.3 is 11.1 Å². The van der Waals surface area contributed by atoms with Gasteiger partial charge >= 0.3 is 0 Å². The minimum atomic E-state index is 0.191. The van der Waals surface area contributed by atoms with Crippen LogP contribution >= 0.6 is 0 Å². The van der Waals surface area contributed by atoms with Crippen LogP contribution in [0.15, 0.2) is 0 Å². The monoisotopic (exact) mass is 225 g/mol. The second-order valence-electron chi connectivity index (χ2n) is 5.19. The van der Waals surface area contributed by atoms with E-state index in [4.69, 9.17) is 5.73 Å². The van der Waals surface area contributed by atoms with E-state index in [1.54, 1.807) is 0 Å². The van der Waals surface area contributed by atoms with E-state index in [-0.39, 0.29) is 5.91 Å². The molecule has 2 rings (SSSR count). The molecule has 2 aliphatic rings. The van der Waals surface area contributed by atoms with Crippen LogP contribution in [0.25, 0.3) is 0 Å².